The number of fused-ring (bicyclic) bond motifs is 1. The highest BCUT2D eigenvalue weighted by Gasteiger charge is 2.43. The number of rotatable bonds is 3. The molecule has 4 heterocycles. The molecular weight excluding hydrogens is 344 g/mol. The van der Waals surface area contributed by atoms with Crippen LogP contribution in [0.2, 0.25) is 0 Å². The number of nitrogens with two attached hydrogens (primary N) is 1. The monoisotopic (exact) mass is 364 g/mol. The van der Waals surface area contributed by atoms with Crippen molar-refractivity contribution in [2.75, 3.05) is 24.7 Å². The van der Waals surface area contributed by atoms with Gasteiger partial charge < -0.3 is 10.5 Å². The quantitative estimate of drug-likeness (QED) is 0.851. The fourth-order valence-electron chi connectivity index (χ4n) is 3.75. The highest BCUT2D eigenvalue weighted by atomic mass is 32.2. The van der Waals surface area contributed by atoms with Gasteiger partial charge in [-0.05, 0) is 18.9 Å². The molecule has 0 saturated carbocycles. The summed E-state index contributed by atoms with van der Waals surface area (Å²) in [7, 11) is -3.08. The molecule has 134 valence electrons. The summed E-state index contributed by atoms with van der Waals surface area (Å²) in [5.74, 6) is -0.336. The van der Waals surface area contributed by atoms with Crippen LogP contribution in [0.25, 0.3) is 11.0 Å². The minimum atomic E-state index is -3.08. The van der Waals surface area contributed by atoms with Crippen molar-refractivity contribution in [1.82, 2.24) is 14.8 Å². The van der Waals surface area contributed by atoms with Crippen LogP contribution < -0.4 is 5.73 Å². The highest BCUT2D eigenvalue weighted by molar-refractivity contribution is 7.91. The second-order valence-corrected chi connectivity index (χ2v) is 9.35. The third kappa shape index (κ3) is 2.71. The molecule has 2 aromatic rings. The molecule has 25 heavy (non-hydrogen) atoms. The van der Waals surface area contributed by atoms with E-state index in [9.17, 15) is 13.2 Å². The van der Waals surface area contributed by atoms with E-state index in [1.54, 1.807) is 6.07 Å². The van der Waals surface area contributed by atoms with Crippen LogP contribution in [-0.2, 0) is 20.0 Å². The first-order chi connectivity index (χ1) is 11.8. The van der Waals surface area contributed by atoms with Gasteiger partial charge >= 0.3 is 0 Å². The van der Waals surface area contributed by atoms with Crippen LogP contribution in [0.4, 0.5) is 0 Å². The lowest BCUT2D eigenvalue weighted by atomic mass is 9.86. The minimum Gasteiger partial charge on any atom is -0.379 e. The third-order valence-electron chi connectivity index (χ3n) is 5.16. The smallest absolute Gasteiger partial charge is 0.250 e. The fourth-order valence-corrected chi connectivity index (χ4v) is 5.91. The van der Waals surface area contributed by atoms with E-state index < -0.39 is 21.2 Å². The molecule has 2 N–H and O–H groups in total. The van der Waals surface area contributed by atoms with E-state index in [-0.39, 0.29) is 17.5 Å². The van der Waals surface area contributed by atoms with E-state index in [1.165, 1.54) is 6.20 Å². The van der Waals surface area contributed by atoms with Crippen molar-refractivity contribution in [3.05, 3.63) is 23.5 Å². The predicted octanol–water partition coefficient (Wildman–Crippen LogP) is 0.568. The lowest BCUT2D eigenvalue weighted by Crippen LogP contribution is -2.25. The van der Waals surface area contributed by atoms with Gasteiger partial charge in [-0.3, -0.25) is 14.5 Å². The van der Waals surface area contributed by atoms with Crippen molar-refractivity contribution in [2.45, 2.75) is 31.2 Å². The predicted molar refractivity (Wildman–Crippen MR) is 91.1 cm³/mol. The normalized spacial score (nSPS) is 28.6. The lowest BCUT2D eigenvalue weighted by Gasteiger charge is -2.19. The third-order valence-corrected chi connectivity index (χ3v) is 7.06. The molecule has 2 saturated heterocycles. The van der Waals surface area contributed by atoms with Crippen LogP contribution >= 0.6 is 0 Å². The Morgan fingerprint density at radius 1 is 1.48 bits per heavy atom. The van der Waals surface area contributed by atoms with Gasteiger partial charge in [-0.25, -0.2) is 8.42 Å². The second-order valence-electron chi connectivity index (χ2n) is 7.17. The summed E-state index contributed by atoms with van der Waals surface area (Å²) in [5, 5.41) is 4.75. The van der Waals surface area contributed by atoms with Crippen LogP contribution in [0.3, 0.4) is 0 Å². The Bertz CT molecular complexity index is 962. The van der Waals surface area contributed by atoms with Crippen molar-refractivity contribution in [2.24, 2.45) is 5.73 Å². The van der Waals surface area contributed by atoms with Crippen molar-refractivity contribution in [1.29, 1.82) is 0 Å². The average Bonchev–Trinajstić information content (AvgIpc) is 3.24. The lowest BCUT2D eigenvalue weighted by molar-refractivity contribution is 0.1000. The van der Waals surface area contributed by atoms with E-state index in [0.29, 0.717) is 41.9 Å². The standard InChI is InChI=1S/C16H20N4O4S/c1-16(3-5-25(22,23)9-16)14-13-12(6-10(7-18-13)15(17)21)20(19-14)11-2-4-24-8-11/h6-7,11H,2-5,8-9H2,1H3,(H2,17,21)/t11-,16+/m0/s1. The topological polar surface area (TPSA) is 117 Å². The molecule has 2 fully saturated rings. The molecule has 0 aliphatic carbocycles. The number of hydrogen-bond donors (Lipinski definition) is 1. The van der Waals surface area contributed by atoms with Crippen molar-refractivity contribution in [3.8, 4) is 0 Å². The highest BCUT2D eigenvalue weighted by Crippen LogP contribution is 2.39. The summed E-state index contributed by atoms with van der Waals surface area (Å²) in [5.41, 5.74) is 7.12. The van der Waals surface area contributed by atoms with E-state index in [4.69, 9.17) is 15.6 Å². The maximum absolute atomic E-state index is 12.0. The minimum absolute atomic E-state index is 0.0442. The number of nitrogens with zero attached hydrogens (tertiary/aromatic N) is 3. The number of carbonyl (C=O) groups excluding carboxylic acids is 1. The van der Waals surface area contributed by atoms with Crippen LogP contribution in [0, 0.1) is 0 Å². The van der Waals surface area contributed by atoms with Crippen LogP contribution in [-0.4, -0.2) is 53.8 Å². The SMILES string of the molecule is C[C@@]1(c2nn([C@H]3CCOC3)c3cc(C(N)=O)cnc23)CCS(=O)(=O)C1. The summed E-state index contributed by atoms with van der Waals surface area (Å²) in [6, 6.07) is 1.73. The number of ether oxygens (including phenoxy) is 1. The first kappa shape index (κ1) is 16.5. The first-order valence-corrected chi connectivity index (χ1v) is 10.1. The van der Waals surface area contributed by atoms with Gasteiger partial charge in [0.1, 0.15) is 5.52 Å². The fraction of sp³-hybridized carbons (Fsp3) is 0.562. The maximum Gasteiger partial charge on any atom is 0.250 e. The number of hydrogen-bond acceptors (Lipinski definition) is 6. The molecule has 0 spiro atoms. The molecule has 2 atom stereocenters. The maximum atomic E-state index is 12.0. The summed E-state index contributed by atoms with van der Waals surface area (Å²) in [4.78, 5) is 15.9. The van der Waals surface area contributed by atoms with Gasteiger partial charge in [0.25, 0.3) is 0 Å². The molecule has 0 aromatic carbocycles. The number of pyridine rings is 1. The Labute approximate surface area is 145 Å². The summed E-state index contributed by atoms with van der Waals surface area (Å²) in [6.07, 6.45) is 2.76. The Hall–Kier alpha value is -2.00. The molecule has 2 aliphatic heterocycles. The molecule has 2 aliphatic rings. The van der Waals surface area contributed by atoms with Gasteiger partial charge in [-0.15, -0.1) is 0 Å². The zero-order chi connectivity index (χ0) is 17.8. The second kappa shape index (κ2) is 5.50. The Morgan fingerprint density at radius 3 is 2.88 bits per heavy atom. The summed E-state index contributed by atoms with van der Waals surface area (Å²) >= 11 is 0. The summed E-state index contributed by atoms with van der Waals surface area (Å²) < 4.78 is 31.3. The largest absolute Gasteiger partial charge is 0.379 e. The number of amides is 1. The van der Waals surface area contributed by atoms with E-state index >= 15 is 0 Å². The van der Waals surface area contributed by atoms with Gasteiger partial charge in [0.2, 0.25) is 5.91 Å². The number of aromatic nitrogens is 3. The Kier molecular flexibility index (Phi) is 3.62. The zero-order valence-corrected chi connectivity index (χ0v) is 14.8. The Morgan fingerprint density at radius 2 is 2.28 bits per heavy atom. The van der Waals surface area contributed by atoms with Gasteiger partial charge in [-0.2, -0.15) is 5.10 Å². The number of primary amides is 1. The van der Waals surface area contributed by atoms with Crippen LogP contribution in [0.5, 0.6) is 0 Å². The molecule has 1 amide bonds. The van der Waals surface area contributed by atoms with E-state index in [0.717, 1.165) is 6.42 Å². The summed E-state index contributed by atoms with van der Waals surface area (Å²) in [6.45, 7) is 3.10. The average molecular weight is 364 g/mol. The zero-order valence-electron chi connectivity index (χ0n) is 13.9. The van der Waals surface area contributed by atoms with Crippen molar-refractivity contribution in [3.63, 3.8) is 0 Å². The van der Waals surface area contributed by atoms with Gasteiger partial charge in [0.05, 0.1) is 40.9 Å². The van der Waals surface area contributed by atoms with Gasteiger partial charge in [0, 0.05) is 18.2 Å². The molecule has 0 radical (unpaired) electrons. The molecule has 4 rings (SSSR count). The van der Waals surface area contributed by atoms with Crippen molar-refractivity contribution < 1.29 is 17.9 Å². The van der Waals surface area contributed by atoms with Gasteiger partial charge in [0.15, 0.2) is 9.84 Å². The Balaban J connectivity index is 1.92. The number of sulfone groups is 1. The number of carbonyl (C=O) groups is 1. The van der Waals surface area contributed by atoms with Crippen LogP contribution in [0.15, 0.2) is 12.3 Å². The molecule has 0 unspecified atom stereocenters. The van der Waals surface area contributed by atoms with Crippen LogP contribution in [0.1, 0.15) is 41.9 Å². The first-order valence-electron chi connectivity index (χ1n) is 8.26. The molecule has 9 heteroatoms. The molecule has 8 nitrogen and oxygen atoms in total. The molecule has 0 bridgehead atoms. The van der Waals surface area contributed by atoms with Gasteiger partial charge in [-0.1, -0.05) is 6.92 Å². The molecule has 2 aromatic heterocycles. The van der Waals surface area contributed by atoms with Crippen molar-refractivity contribution >= 4 is 26.8 Å². The molecular formula is C16H20N4O4S. The van der Waals surface area contributed by atoms with E-state index in [1.807, 2.05) is 11.6 Å². The van der Waals surface area contributed by atoms with E-state index in [2.05, 4.69) is 4.98 Å².